The number of unbranched alkanes of at least 4 members (excludes halogenated alkanes) is 2. The van der Waals surface area contributed by atoms with E-state index in [1.54, 1.807) is 22.7 Å². The second kappa shape index (κ2) is 12.4. The molecule has 2 bridgehead atoms. The second-order valence-corrected chi connectivity index (χ2v) is 14.9. The van der Waals surface area contributed by atoms with Gasteiger partial charge >= 0.3 is 5.97 Å². The third-order valence-electron chi connectivity index (χ3n) is 8.64. The third-order valence-corrected chi connectivity index (χ3v) is 10.6. The van der Waals surface area contributed by atoms with Crippen LogP contribution in [-0.4, -0.2) is 80.1 Å². The highest BCUT2D eigenvalue weighted by Gasteiger charge is 2.75. The Morgan fingerprint density at radius 3 is 2.49 bits per heavy atom. The van der Waals surface area contributed by atoms with Gasteiger partial charge in [0.25, 0.3) is 0 Å². The quantitative estimate of drug-likeness (QED) is 0.183. The Balaban J connectivity index is 2.00. The summed E-state index contributed by atoms with van der Waals surface area (Å²) in [5.74, 6) is -1.81. The lowest BCUT2D eigenvalue weighted by molar-refractivity contribution is -0.154. The summed E-state index contributed by atoms with van der Waals surface area (Å²) < 4.78 is 5.00. The van der Waals surface area contributed by atoms with Gasteiger partial charge in [-0.05, 0) is 64.2 Å². The van der Waals surface area contributed by atoms with Crippen LogP contribution in [0.25, 0.3) is 0 Å². The van der Waals surface area contributed by atoms with Gasteiger partial charge in [0.1, 0.15) is 6.04 Å². The van der Waals surface area contributed by atoms with Crippen molar-refractivity contribution < 1.29 is 24.2 Å². The summed E-state index contributed by atoms with van der Waals surface area (Å²) >= 11 is 1.64. The Kier molecular flexibility index (Phi) is 10.1. The van der Waals surface area contributed by atoms with E-state index in [1.807, 2.05) is 17.9 Å². The van der Waals surface area contributed by atoms with Gasteiger partial charge in [-0.15, -0.1) is 24.9 Å². The Labute approximate surface area is 239 Å². The molecule has 0 aromatic carbocycles. The van der Waals surface area contributed by atoms with Crippen LogP contribution in [0.5, 0.6) is 0 Å². The number of aliphatic hydroxyl groups excluding tert-OH is 1. The average Bonchev–Trinajstić information content (AvgIpc) is 3.49. The predicted octanol–water partition coefficient (Wildman–Crippen LogP) is 4.98. The molecule has 0 radical (unpaired) electrons. The molecule has 3 heterocycles. The molecule has 3 aliphatic rings. The number of aliphatic hydroxyl groups is 1. The first-order valence-electron chi connectivity index (χ1n) is 14.6. The fourth-order valence-electron chi connectivity index (χ4n) is 7.41. The maximum Gasteiger partial charge on any atom is 0.310 e. The molecule has 0 aromatic rings. The molecule has 1 N–H and O–H groups in total. The van der Waals surface area contributed by atoms with Crippen molar-refractivity contribution in [3.8, 4) is 0 Å². The number of carbonyl (C=O) groups is 3. The first-order chi connectivity index (χ1) is 18.3. The molecule has 8 heteroatoms. The van der Waals surface area contributed by atoms with E-state index in [9.17, 15) is 19.5 Å². The van der Waals surface area contributed by atoms with E-state index in [1.165, 1.54) is 0 Å². The van der Waals surface area contributed by atoms with Crippen molar-refractivity contribution in [3.63, 3.8) is 0 Å². The number of amides is 2. The summed E-state index contributed by atoms with van der Waals surface area (Å²) in [5.41, 5.74) is -0.508. The molecule has 3 fully saturated rings. The van der Waals surface area contributed by atoms with Crippen LogP contribution in [0.3, 0.4) is 0 Å². The molecule has 39 heavy (non-hydrogen) atoms. The first-order valence-corrected chi connectivity index (χ1v) is 15.5. The number of allylic oxidation sites excluding steroid dienone is 1. The number of likely N-dealkylation sites (tertiary alicyclic amines) is 1. The fourth-order valence-corrected chi connectivity index (χ4v) is 9.60. The third kappa shape index (κ3) is 6.12. The van der Waals surface area contributed by atoms with Gasteiger partial charge in [-0.25, -0.2) is 0 Å². The van der Waals surface area contributed by atoms with Crippen molar-refractivity contribution in [2.45, 2.75) is 114 Å². The number of ether oxygens (including phenoxy) is 1. The number of hydrogen-bond acceptors (Lipinski definition) is 6. The van der Waals surface area contributed by atoms with E-state index >= 15 is 0 Å². The fraction of sp³-hybridized carbons (Fsp3) is 0.774. The van der Waals surface area contributed by atoms with Crippen molar-refractivity contribution in [3.05, 3.63) is 25.3 Å². The molecule has 6 atom stereocenters. The molecule has 220 valence electrons. The Bertz CT molecular complexity index is 940. The molecule has 2 unspecified atom stereocenters. The molecule has 3 aliphatic heterocycles. The first kappa shape index (κ1) is 31.7. The van der Waals surface area contributed by atoms with Crippen molar-refractivity contribution in [2.24, 2.45) is 17.3 Å². The summed E-state index contributed by atoms with van der Waals surface area (Å²) in [4.78, 5) is 45.9. The van der Waals surface area contributed by atoms with E-state index in [-0.39, 0.29) is 35.1 Å². The summed E-state index contributed by atoms with van der Waals surface area (Å²) in [7, 11) is 0. The van der Waals surface area contributed by atoms with Crippen molar-refractivity contribution in [1.29, 1.82) is 0 Å². The zero-order valence-corrected chi connectivity index (χ0v) is 25.7. The molecular formula is C31H50N2O5S. The van der Waals surface area contributed by atoms with Gasteiger partial charge in [0.2, 0.25) is 11.8 Å². The van der Waals surface area contributed by atoms with Gasteiger partial charge in [-0.1, -0.05) is 39.8 Å². The maximum absolute atomic E-state index is 14.7. The SMILES string of the molecule is C=CCCCCOC(=O)[C@@H]1[C@@H]2CCC3(S2)C(C(=O)N(CC=C)C(C)(C)CC(C)(C)C)N([C@@H](CC)CO)C(=O)[C@H]13. The topological polar surface area (TPSA) is 87.2 Å². The normalized spacial score (nSPS) is 28.8. The van der Waals surface area contributed by atoms with Crippen molar-refractivity contribution in [1.82, 2.24) is 9.80 Å². The molecule has 0 aromatic heterocycles. The number of carbonyl (C=O) groups excluding carboxylic acids is 3. The minimum absolute atomic E-state index is 0.0205. The minimum atomic E-state index is -0.744. The number of fused-ring (bicyclic) bond motifs is 1. The molecule has 1 spiro atoms. The van der Waals surface area contributed by atoms with Gasteiger partial charge < -0.3 is 19.6 Å². The van der Waals surface area contributed by atoms with Crippen LogP contribution in [0.2, 0.25) is 0 Å². The van der Waals surface area contributed by atoms with Gasteiger partial charge in [0, 0.05) is 17.3 Å². The van der Waals surface area contributed by atoms with Crippen molar-refractivity contribution in [2.75, 3.05) is 19.8 Å². The van der Waals surface area contributed by atoms with Crippen LogP contribution in [0, 0.1) is 17.3 Å². The predicted molar refractivity (Wildman–Crippen MR) is 157 cm³/mol. The highest BCUT2D eigenvalue weighted by atomic mass is 32.2. The molecule has 0 saturated carbocycles. The minimum Gasteiger partial charge on any atom is -0.465 e. The number of hydrogen-bond donors (Lipinski definition) is 1. The smallest absolute Gasteiger partial charge is 0.310 e. The van der Waals surface area contributed by atoms with Crippen LogP contribution in [0.1, 0.15) is 86.5 Å². The summed E-state index contributed by atoms with van der Waals surface area (Å²) in [5, 5.41) is 10.3. The van der Waals surface area contributed by atoms with Gasteiger partial charge in [0.05, 0.1) is 35.8 Å². The van der Waals surface area contributed by atoms with E-state index in [0.717, 1.165) is 32.1 Å². The van der Waals surface area contributed by atoms with Crippen LogP contribution in [0.15, 0.2) is 25.3 Å². The average molecular weight is 563 g/mol. The maximum atomic E-state index is 14.7. The molecule has 2 amide bonds. The number of rotatable bonds is 14. The second-order valence-electron chi connectivity index (χ2n) is 13.3. The molecule has 3 rings (SSSR count). The van der Waals surface area contributed by atoms with Gasteiger partial charge in [-0.3, -0.25) is 14.4 Å². The largest absolute Gasteiger partial charge is 0.465 e. The zero-order chi connectivity index (χ0) is 29.2. The number of thioether (sulfide) groups is 1. The van der Waals surface area contributed by atoms with E-state index in [4.69, 9.17) is 4.74 Å². The number of nitrogens with zero attached hydrogens (tertiary/aromatic N) is 2. The van der Waals surface area contributed by atoms with E-state index in [2.05, 4.69) is 47.8 Å². The Morgan fingerprint density at radius 1 is 1.23 bits per heavy atom. The molecule has 0 aliphatic carbocycles. The van der Waals surface area contributed by atoms with Gasteiger partial charge in [-0.2, -0.15) is 0 Å². The molecular weight excluding hydrogens is 512 g/mol. The van der Waals surface area contributed by atoms with E-state index < -0.39 is 34.2 Å². The van der Waals surface area contributed by atoms with Crippen LogP contribution in [-0.2, 0) is 19.1 Å². The monoisotopic (exact) mass is 562 g/mol. The highest BCUT2D eigenvalue weighted by Crippen LogP contribution is 2.67. The molecule has 3 saturated heterocycles. The zero-order valence-electron chi connectivity index (χ0n) is 24.9. The lowest BCUT2D eigenvalue weighted by Crippen LogP contribution is -2.61. The van der Waals surface area contributed by atoms with Crippen LogP contribution in [0.4, 0.5) is 0 Å². The Hall–Kier alpha value is -1.80. The van der Waals surface area contributed by atoms with Gasteiger partial charge in [0.15, 0.2) is 0 Å². The lowest BCUT2D eigenvalue weighted by Gasteiger charge is -2.46. The number of esters is 1. The standard InChI is InChI=1S/C31H50N2O5S/c1-9-12-13-14-18-38-28(37)23-22-15-16-31(39-22)24(23)26(35)33(21(11-3)19-34)25(31)27(36)32(17-10-2)30(7,8)20-29(4,5)6/h9-10,21-25,34H,1-2,11-20H2,3-8H3/t21-,22-,23+,24-,25?,31?/m0/s1. The Morgan fingerprint density at radius 2 is 1.92 bits per heavy atom. The summed E-state index contributed by atoms with van der Waals surface area (Å²) in [6.45, 7) is 20.7. The van der Waals surface area contributed by atoms with E-state index in [0.29, 0.717) is 26.0 Å². The molecule has 7 nitrogen and oxygen atoms in total. The highest BCUT2D eigenvalue weighted by molar-refractivity contribution is 8.02. The summed E-state index contributed by atoms with van der Waals surface area (Å²) in [6.07, 6.45) is 8.87. The summed E-state index contributed by atoms with van der Waals surface area (Å²) in [6, 6.07) is -1.23. The van der Waals surface area contributed by atoms with Crippen molar-refractivity contribution >= 4 is 29.5 Å². The lowest BCUT2D eigenvalue weighted by atomic mass is 9.71. The van der Waals surface area contributed by atoms with Crippen LogP contribution >= 0.6 is 11.8 Å². The van der Waals surface area contributed by atoms with Crippen LogP contribution < -0.4 is 0 Å².